The van der Waals surface area contributed by atoms with Crippen LogP contribution in [0.25, 0.3) is 0 Å². The molecule has 4 nitrogen and oxygen atoms in total. The van der Waals surface area contributed by atoms with Crippen molar-refractivity contribution in [3.8, 4) is 0 Å². The molecule has 1 aromatic carbocycles. The Labute approximate surface area is 232 Å². The van der Waals surface area contributed by atoms with Crippen molar-refractivity contribution >= 4 is 26.7 Å². The van der Waals surface area contributed by atoms with E-state index in [1.54, 1.807) is 0 Å². The SMILES string of the molecule is CCC[CH2][Sn]([CH2]CCC)([CH2]CCC)[C]1=CC(O[Si](C)(C)C(C)(C)C)C2OC(c3ccccc3)OCC2O1. The number of hydrogen-bond acceptors (Lipinski definition) is 4. The van der Waals surface area contributed by atoms with Crippen LogP contribution in [-0.4, -0.2) is 51.6 Å². The van der Waals surface area contributed by atoms with Crippen molar-refractivity contribution in [1.82, 2.24) is 0 Å². The van der Waals surface area contributed by atoms with Gasteiger partial charge in [0.1, 0.15) is 0 Å². The molecule has 210 valence electrons. The summed E-state index contributed by atoms with van der Waals surface area (Å²) in [5.41, 5.74) is 1.06. The maximum absolute atomic E-state index is 7.17. The summed E-state index contributed by atoms with van der Waals surface area (Å²) in [6.07, 6.45) is 9.44. The Hall–Kier alpha value is -0.344. The monoisotopic (exact) mass is 638 g/mol. The first-order chi connectivity index (χ1) is 17.6. The molecule has 0 aromatic heterocycles. The third-order valence-corrected chi connectivity index (χ3v) is 28.3. The summed E-state index contributed by atoms with van der Waals surface area (Å²) in [5, 5.41) is 0.131. The van der Waals surface area contributed by atoms with E-state index in [1.807, 2.05) is 18.2 Å². The van der Waals surface area contributed by atoms with Gasteiger partial charge in [0.15, 0.2) is 0 Å². The molecule has 2 heterocycles. The fourth-order valence-corrected chi connectivity index (χ4v) is 22.3. The van der Waals surface area contributed by atoms with Gasteiger partial charge in [0, 0.05) is 0 Å². The molecule has 1 saturated heterocycles. The van der Waals surface area contributed by atoms with E-state index in [0.29, 0.717) is 6.61 Å². The number of fused-ring (bicyclic) bond motifs is 1. The van der Waals surface area contributed by atoms with E-state index in [0.717, 1.165) is 5.56 Å². The first-order valence-corrected chi connectivity index (χ1v) is 25.3. The third kappa shape index (κ3) is 7.87. The molecule has 2 aliphatic heterocycles. The van der Waals surface area contributed by atoms with Crippen molar-refractivity contribution in [3.63, 3.8) is 0 Å². The molecule has 37 heavy (non-hydrogen) atoms. The van der Waals surface area contributed by atoms with Crippen LogP contribution >= 0.6 is 0 Å². The molecule has 1 fully saturated rings. The van der Waals surface area contributed by atoms with Crippen LogP contribution in [0.1, 0.15) is 91.9 Å². The van der Waals surface area contributed by atoms with Crippen LogP contribution < -0.4 is 0 Å². The molecule has 0 saturated carbocycles. The molecule has 4 atom stereocenters. The molecular formula is C31H54O4SiSn. The van der Waals surface area contributed by atoms with E-state index in [1.165, 1.54) is 55.6 Å². The minimum absolute atomic E-state index is 0.0780. The van der Waals surface area contributed by atoms with Crippen molar-refractivity contribution in [2.75, 3.05) is 6.61 Å². The van der Waals surface area contributed by atoms with Crippen molar-refractivity contribution in [2.45, 2.75) is 136 Å². The summed E-state index contributed by atoms with van der Waals surface area (Å²) < 4.78 is 32.7. The van der Waals surface area contributed by atoms with Crippen LogP contribution in [0.5, 0.6) is 0 Å². The Balaban J connectivity index is 2.01. The van der Waals surface area contributed by atoms with Gasteiger partial charge in [-0.25, -0.2) is 0 Å². The average Bonchev–Trinajstić information content (AvgIpc) is 2.88. The van der Waals surface area contributed by atoms with Gasteiger partial charge in [-0.15, -0.1) is 0 Å². The third-order valence-electron chi connectivity index (χ3n) is 8.83. The van der Waals surface area contributed by atoms with Crippen molar-refractivity contribution in [1.29, 1.82) is 0 Å². The Morgan fingerprint density at radius 3 is 2.00 bits per heavy atom. The van der Waals surface area contributed by atoms with Crippen LogP contribution in [0.15, 0.2) is 40.2 Å². The predicted octanol–water partition coefficient (Wildman–Crippen LogP) is 9.16. The summed E-state index contributed by atoms with van der Waals surface area (Å²) in [4.78, 5) is 0. The van der Waals surface area contributed by atoms with Crippen molar-refractivity contribution in [2.24, 2.45) is 0 Å². The van der Waals surface area contributed by atoms with Crippen LogP contribution in [-0.2, 0) is 18.6 Å². The van der Waals surface area contributed by atoms with Gasteiger partial charge in [-0.2, -0.15) is 0 Å². The van der Waals surface area contributed by atoms with Gasteiger partial charge in [0.05, 0.1) is 0 Å². The summed E-state index contributed by atoms with van der Waals surface area (Å²) in [6.45, 7) is 19.2. The van der Waals surface area contributed by atoms with Gasteiger partial charge in [-0.3, -0.25) is 0 Å². The molecule has 1 aromatic rings. The van der Waals surface area contributed by atoms with Crippen molar-refractivity contribution < 1.29 is 18.6 Å². The van der Waals surface area contributed by atoms with Gasteiger partial charge in [0.25, 0.3) is 0 Å². The quantitative estimate of drug-likeness (QED) is 0.202. The zero-order chi connectivity index (χ0) is 27.1. The molecule has 0 amide bonds. The predicted molar refractivity (Wildman–Crippen MR) is 160 cm³/mol. The van der Waals surface area contributed by atoms with Crippen LogP contribution in [0, 0.1) is 0 Å². The van der Waals surface area contributed by atoms with E-state index in [2.05, 4.69) is 72.8 Å². The molecule has 0 spiro atoms. The zero-order valence-electron chi connectivity index (χ0n) is 25.0. The van der Waals surface area contributed by atoms with Gasteiger partial charge in [-0.05, 0) is 0 Å². The summed E-state index contributed by atoms with van der Waals surface area (Å²) in [5.74, 6) is 0. The summed E-state index contributed by atoms with van der Waals surface area (Å²) in [6, 6.07) is 10.3. The van der Waals surface area contributed by atoms with Crippen LogP contribution in [0.4, 0.5) is 0 Å². The molecule has 0 bridgehead atoms. The standard InChI is InChI=1S/C19H27O4Si.3C4H9.Sn/c1-19(2,3)24(4,5)23-15-11-12-20-16-13-21-18(22-17(15)16)14-9-7-6-8-10-14;3*1-3-4-2;/h6-11,15-18H,13H2,1-5H3;3*1,3-4H2,2H3;. The maximum atomic E-state index is 7.17. The minimum atomic E-state index is -2.78. The van der Waals surface area contributed by atoms with Crippen LogP contribution in [0.2, 0.25) is 31.4 Å². The second-order valence-electron chi connectivity index (χ2n) is 12.8. The molecule has 3 rings (SSSR count). The number of benzene rings is 1. The Morgan fingerprint density at radius 2 is 1.49 bits per heavy atom. The first kappa shape index (κ1) is 31.2. The number of ether oxygens (including phenoxy) is 3. The van der Waals surface area contributed by atoms with E-state index in [-0.39, 0.29) is 29.6 Å². The Bertz CT molecular complexity index is 829. The molecule has 0 aliphatic carbocycles. The van der Waals surface area contributed by atoms with E-state index in [9.17, 15) is 0 Å². The number of unbranched alkanes of at least 4 members (excludes halogenated alkanes) is 3. The van der Waals surface area contributed by atoms with E-state index in [4.69, 9.17) is 18.6 Å². The Morgan fingerprint density at radius 1 is 0.919 bits per heavy atom. The molecule has 6 heteroatoms. The topological polar surface area (TPSA) is 36.9 Å². The normalized spacial score (nSPS) is 24.8. The molecule has 0 radical (unpaired) electrons. The summed E-state index contributed by atoms with van der Waals surface area (Å²) >= 11 is -2.78. The summed E-state index contributed by atoms with van der Waals surface area (Å²) in [7, 11) is -2.03. The number of hydrogen-bond donors (Lipinski definition) is 0. The van der Waals surface area contributed by atoms with Gasteiger partial charge < -0.3 is 0 Å². The fraction of sp³-hybridized carbons (Fsp3) is 0.742. The van der Waals surface area contributed by atoms with Gasteiger partial charge in [-0.1, -0.05) is 0 Å². The van der Waals surface area contributed by atoms with Gasteiger partial charge in [0.2, 0.25) is 0 Å². The molecular weight excluding hydrogens is 583 g/mol. The second-order valence-corrected chi connectivity index (χ2v) is 30.5. The van der Waals surface area contributed by atoms with E-state index < -0.39 is 26.7 Å². The molecule has 2 aliphatic rings. The number of rotatable bonds is 13. The first-order valence-electron chi connectivity index (χ1n) is 15.0. The average molecular weight is 638 g/mol. The van der Waals surface area contributed by atoms with Crippen LogP contribution in [0.3, 0.4) is 0 Å². The molecule has 4 unspecified atom stereocenters. The fourth-order valence-electron chi connectivity index (χ4n) is 5.38. The van der Waals surface area contributed by atoms with Gasteiger partial charge >= 0.3 is 234 Å². The molecule has 0 N–H and O–H groups in total. The second kappa shape index (κ2) is 13.8. The zero-order valence-corrected chi connectivity index (χ0v) is 28.8. The Kier molecular flexibility index (Phi) is 11.7. The van der Waals surface area contributed by atoms with Crippen molar-refractivity contribution in [3.05, 3.63) is 45.7 Å². The van der Waals surface area contributed by atoms with E-state index >= 15 is 0 Å².